The molecular formula is C15H20BrN3O3. The predicted molar refractivity (Wildman–Crippen MR) is 84.7 cm³/mol. The summed E-state index contributed by atoms with van der Waals surface area (Å²) in [6.45, 7) is 3.47. The largest absolute Gasteiger partial charge is 0.485 e. The van der Waals surface area contributed by atoms with Crippen molar-refractivity contribution in [1.82, 2.24) is 9.88 Å². The van der Waals surface area contributed by atoms with Crippen LogP contribution in [0.2, 0.25) is 0 Å². The van der Waals surface area contributed by atoms with E-state index in [-0.39, 0.29) is 17.7 Å². The van der Waals surface area contributed by atoms with Gasteiger partial charge in [-0.1, -0.05) is 0 Å². The summed E-state index contributed by atoms with van der Waals surface area (Å²) >= 11 is 3.36. The van der Waals surface area contributed by atoms with Crippen LogP contribution in [0.25, 0.3) is 0 Å². The van der Waals surface area contributed by atoms with Crippen molar-refractivity contribution in [2.75, 3.05) is 19.7 Å². The van der Waals surface area contributed by atoms with Crippen LogP contribution in [0.3, 0.4) is 0 Å². The minimum absolute atomic E-state index is 0.0720. The molecule has 0 radical (unpaired) electrons. The molecule has 0 bridgehead atoms. The number of likely N-dealkylation sites (tertiary alicyclic amines) is 1. The Morgan fingerprint density at radius 1 is 1.59 bits per heavy atom. The van der Waals surface area contributed by atoms with Crippen molar-refractivity contribution in [2.45, 2.75) is 37.8 Å². The highest BCUT2D eigenvalue weighted by Gasteiger charge is 2.43. The smallest absolute Gasteiger partial charge is 0.409 e. The molecule has 7 heteroatoms. The van der Waals surface area contributed by atoms with Crippen LogP contribution in [0.15, 0.2) is 16.9 Å². The molecule has 120 valence electrons. The Hall–Kier alpha value is -1.34. The van der Waals surface area contributed by atoms with E-state index in [9.17, 15) is 4.79 Å². The molecule has 2 aliphatic rings. The van der Waals surface area contributed by atoms with Gasteiger partial charge in [0.25, 0.3) is 0 Å². The Kier molecular flexibility index (Phi) is 4.27. The summed E-state index contributed by atoms with van der Waals surface area (Å²) in [7, 11) is 0. The molecule has 0 unspecified atom stereocenters. The second kappa shape index (κ2) is 6.04. The number of nitrogens with two attached hydrogens (primary N) is 1. The lowest BCUT2D eigenvalue weighted by Crippen LogP contribution is -2.52. The molecule has 2 aliphatic heterocycles. The summed E-state index contributed by atoms with van der Waals surface area (Å²) < 4.78 is 12.0. The van der Waals surface area contributed by atoms with Crippen molar-refractivity contribution in [3.63, 3.8) is 0 Å². The average molecular weight is 370 g/mol. The number of hydrogen-bond donors (Lipinski definition) is 1. The van der Waals surface area contributed by atoms with Crippen LogP contribution in [-0.4, -0.2) is 41.3 Å². The van der Waals surface area contributed by atoms with Crippen molar-refractivity contribution in [1.29, 1.82) is 0 Å². The Morgan fingerprint density at radius 3 is 3.00 bits per heavy atom. The number of carbonyl (C=O) groups excluding carboxylic acids is 1. The Morgan fingerprint density at radius 2 is 2.32 bits per heavy atom. The third-order valence-corrected chi connectivity index (χ3v) is 4.82. The van der Waals surface area contributed by atoms with Gasteiger partial charge in [-0.05, 0) is 28.9 Å². The number of amides is 1. The van der Waals surface area contributed by atoms with Crippen LogP contribution in [0.4, 0.5) is 4.79 Å². The number of nitrogens with zero attached hydrogens (tertiary/aromatic N) is 2. The molecule has 1 atom stereocenters. The third kappa shape index (κ3) is 2.92. The minimum Gasteiger partial charge on any atom is -0.485 e. The van der Waals surface area contributed by atoms with Gasteiger partial charge in [0, 0.05) is 44.0 Å². The summed E-state index contributed by atoms with van der Waals surface area (Å²) in [5.41, 5.74) is 7.01. The number of aromatic nitrogens is 1. The number of carbonyl (C=O) groups is 1. The highest BCUT2D eigenvalue weighted by Crippen LogP contribution is 2.43. The van der Waals surface area contributed by atoms with E-state index in [2.05, 4.69) is 20.9 Å². The highest BCUT2D eigenvalue weighted by atomic mass is 79.9. The summed E-state index contributed by atoms with van der Waals surface area (Å²) in [6.07, 6.45) is 3.75. The first-order chi connectivity index (χ1) is 10.5. The summed E-state index contributed by atoms with van der Waals surface area (Å²) in [5, 5.41) is 0. The fourth-order valence-electron chi connectivity index (χ4n) is 3.21. The summed E-state index contributed by atoms with van der Waals surface area (Å²) in [4.78, 5) is 17.8. The van der Waals surface area contributed by atoms with Crippen molar-refractivity contribution < 1.29 is 14.3 Å². The van der Waals surface area contributed by atoms with Crippen LogP contribution < -0.4 is 10.5 Å². The second-order valence-corrected chi connectivity index (χ2v) is 6.64. The van der Waals surface area contributed by atoms with Gasteiger partial charge in [0.05, 0.1) is 12.8 Å². The van der Waals surface area contributed by atoms with Crippen LogP contribution in [0, 0.1) is 0 Å². The monoisotopic (exact) mass is 369 g/mol. The predicted octanol–water partition coefficient (Wildman–Crippen LogP) is 2.62. The van der Waals surface area contributed by atoms with E-state index < -0.39 is 0 Å². The van der Waals surface area contributed by atoms with Gasteiger partial charge in [0.1, 0.15) is 16.0 Å². The number of pyridine rings is 1. The standard InChI is InChI=1S/C15H20BrN3O3/c1-2-21-14(20)19-5-3-15(4-6-19)8-11(17)10-7-13(16)18-9-12(10)22-15/h7,9,11H,2-6,8,17H2,1H3/t11-/m0/s1. The maximum atomic E-state index is 11.8. The van der Waals surface area contributed by atoms with E-state index in [4.69, 9.17) is 15.2 Å². The van der Waals surface area contributed by atoms with E-state index in [1.165, 1.54) is 0 Å². The molecule has 3 rings (SSSR count). The Bertz CT molecular complexity index is 573. The van der Waals surface area contributed by atoms with Gasteiger partial charge < -0.3 is 20.1 Å². The van der Waals surface area contributed by atoms with Crippen molar-refractivity contribution in [3.05, 3.63) is 22.4 Å². The molecule has 1 aromatic rings. The number of fused-ring (bicyclic) bond motifs is 1. The van der Waals surface area contributed by atoms with E-state index in [1.807, 2.05) is 13.0 Å². The lowest BCUT2D eigenvalue weighted by molar-refractivity contribution is -0.0208. The maximum Gasteiger partial charge on any atom is 0.409 e. The lowest BCUT2D eigenvalue weighted by atomic mass is 9.81. The SMILES string of the molecule is CCOC(=O)N1CCC2(CC1)C[C@H](N)c1cc(Br)ncc1O2. The molecule has 0 saturated carbocycles. The van der Waals surface area contributed by atoms with Gasteiger partial charge in [-0.15, -0.1) is 0 Å². The normalized spacial score (nSPS) is 22.9. The first-order valence-corrected chi connectivity index (χ1v) is 8.34. The molecule has 1 aromatic heterocycles. The fourth-order valence-corrected chi connectivity index (χ4v) is 3.56. The molecule has 0 aromatic carbocycles. The quantitative estimate of drug-likeness (QED) is 0.769. The van der Waals surface area contributed by atoms with Crippen LogP contribution in [0.1, 0.15) is 37.8 Å². The first-order valence-electron chi connectivity index (χ1n) is 7.55. The van der Waals surface area contributed by atoms with E-state index >= 15 is 0 Å². The molecule has 22 heavy (non-hydrogen) atoms. The molecule has 1 saturated heterocycles. The highest BCUT2D eigenvalue weighted by molar-refractivity contribution is 9.10. The van der Waals surface area contributed by atoms with Gasteiger partial charge in [0.2, 0.25) is 0 Å². The van der Waals surface area contributed by atoms with Gasteiger partial charge >= 0.3 is 6.09 Å². The zero-order chi connectivity index (χ0) is 15.7. The zero-order valence-electron chi connectivity index (χ0n) is 12.5. The fraction of sp³-hybridized carbons (Fsp3) is 0.600. The first kappa shape index (κ1) is 15.6. The van der Waals surface area contributed by atoms with Crippen LogP contribution in [0.5, 0.6) is 5.75 Å². The van der Waals surface area contributed by atoms with Crippen molar-refractivity contribution in [2.24, 2.45) is 5.73 Å². The topological polar surface area (TPSA) is 77.7 Å². The van der Waals surface area contributed by atoms with Crippen LogP contribution in [-0.2, 0) is 4.74 Å². The molecule has 3 heterocycles. The van der Waals surface area contributed by atoms with Crippen molar-refractivity contribution in [3.8, 4) is 5.75 Å². The summed E-state index contributed by atoms with van der Waals surface area (Å²) in [5.74, 6) is 0.756. The van der Waals surface area contributed by atoms with Crippen molar-refractivity contribution >= 4 is 22.0 Å². The average Bonchev–Trinajstić information content (AvgIpc) is 2.49. The molecule has 0 aliphatic carbocycles. The Balaban J connectivity index is 1.72. The number of piperidine rings is 1. The molecule has 1 fully saturated rings. The minimum atomic E-state index is -0.301. The van der Waals surface area contributed by atoms with E-state index in [0.717, 1.165) is 35.2 Å². The molecule has 6 nitrogen and oxygen atoms in total. The number of hydrogen-bond acceptors (Lipinski definition) is 5. The molecule has 2 N–H and O–H groups in total. The number of ether oxygens (including phenoxy) is 2. The van der Waals surface area contributed by atoms with E-state index in [1.54, 1.807) is 11.1 Å². The Labute approximate surface area is 138 Å². The molecular weight excluding hydrogens is 350 g/mol. The number of halogens is 1. The third-order valence-electron chi connectivity index (χ3n) is 4.38. The van der Waals surface area contributed by atoms with E-state index in [0.29, 0.717) is 19.7 Å². The lowest BCUT2D eigenvalue weighted by Gasteiger charge is -2.45. The van der Waals surface area contributed by atoms with Gasteiger partial charge in [-0.25, -0.2) is 9.78 Å². The second-order valence-electron chi connectivity index (χ2n) is 5.83. The van der Waals surface area contributed by atoms with Crippen LogP contribution >= 0.6 is 15.9 Å². The van der Waals surface area contributed by atoms with Gasteiger partial charge in [0.15, 0.2) is 0 Å². The number of rotatable bonds is 1. The zero-order valence-corrected chi connectivity index (χ0v) is 14.1. The molecule has 1 amide bonds. The van der Waals surface area contributed by atoms with Gasteiger partial charge in [-0.3, -0.25) is 0 Å². The maximum absolute atomic E-state index is 11.8. The van der Waals surface area contributed by atoms with Gasteiger partial charge in [-0.2, -0.15) is 0 Å². The molecule has 1 spiro atoms. The summed E-state index contributed by atoms with van der Waals surface area (Å²) in [6, 6.07) is 1.85.